The average Bonchev–Trinajstić information content (AvgIpc) is 3.62. The molecule has 1 atom stereocenters. The fourth-order valence-electron chi connectivity index (χ4n) is 7.48. The molecule has 3 aromatic rings. The maximum absolute atomic E-state index is 12.2. The second-order valence-corrected chi connectivity index (χ2v) is 21.0. The number of rotatable bonds is 2. The number of hydrogen-bond donors (Lipinski definition) is 0. The normalized spacial score (nSPS) is 19.4. The van der Waals surface area contributed by atoms with Crippen molar-refractivity contribution in [3.05, 3.63) is 128 Å². The molecule has 7 rings (SSSR count). The van der Waals surface area contributed by atoms with Crippen molar-refractivity contribution in [2.24, 2.45) is 5.92 Å². The van der Waals surface area contributed by atoms with E-state index in [-0.39, 0.29) is 16.6 Å². The molecule has 0 saturated carbocycles. The summed E-state index contributed by atoms with van der Waals surface area (Å²) in [5.74, 6) is 0.383. The molecule has 3 heteroatoms. The van der Waals surface area contributed by atoms with Crippen molar-refractivity contribution in [2.75, 3.05) is 0 Å². The van der Waals surface area contributed by atoms with E-state index in [0.717, 1.165) is 12.0 Å². The Labute approximate surface area is 287 Å². The van der Waals surface area contributed by atoms with Crippen LogP contribution in [0.15, 0.2) is 71.5 Å². The van der Waals surface area contributed by atoms with Crippen LogP contribution in [-0.4, -0.2) is 11.8 Å². The fraction of sp³-hybridized carbons (Fsp3) is 0.357. The molecule has 0 heterocycles. The van der Waals surface area contributed by atoms with Gasteiger partial charge in [-0.3, -0.25) is 12.2 Å². The predicted molar refractivity (Wildman–Crippen MR) is 191 cm³/mol. The summed E-state index contributed by atoms with van der Waals surface area (Å²) in [6.45, 7) is 25.2. The summed E-state index contributed by atoms with van der Waals surface area (Å²) in [5.41, 5.74) is 17.0. The topological polar surface area (TPSA) is 0 Å². The van der Waals surface area contributed by atoms with Gasteiger partial charge in [0.1, 0.15) is 0 Å². The van der Waals surface area contributed by atoms with E-state index in [1.807, 2.05) is 3.71 Å². The SMILES string of the molecule is CC1=[C-]C(C)(C)c2cc3c(cc21)-c1cc2c(cc1C3)C(C)(C)C=C2C.CC1=[C-]C(C)C=C1[Si](C)(C)C.Fc1ccc([CH]=[Zr+2])cc1. The Morgan fingerprint density at radius 3 is 1.91 bits per heavy atom. The second kappa shape index (κ2) is 12.3. The number of hydrogen-bond acceptors (Lipinski definition) is 0. The van der Waals surface area contributed by atoms with E-state index in [1.54, 1.807) is 17.3 Å². The van der Waals surface area contributed by atoms with Gasteiger partial charge < -0.3 is 0 Å². The molecule has 0 radical (unpaired) electrons. The van der Waals surface area contributed by atoms with Crippen molar-refractivity contribution < 1.29 is 28.6 Å². The predicted octanol–water partition coefficient (Wildman–Crippen LogP) is 11.2. The first-order chi connectivity index (χ1) is 20.9. The number of allylic oxidation sites excluding steroid dienone is 8. The molecule has 230 valence electrons. The van der Waals surface area contributed by atoms with Gasteiger partial charge in [0, 0.05) is 5.41 Å². The Kier molecular flexibility index (Phi) is 9.24. The van der Waals surface area contributed by atoms with Crippen LogP contribution in [0.1, 0.15) is 94.3 Å². The van der Waals surface area contributed by atoms with Crippen LogP contribution in [0.25, 0.3) is 22.3 Å². The third-order valence-corrected chi connectivity index (χ3v) is 12.5. The van der Waals surface area contributed by atoms with E-state index in [9.17, 15) is 4.39 Å². The molecule has 0 N–H and O–H groups in total. The first kappa shape index (κ1) is 33.9. The summed E-state index contributed by atoms with van der Waals surface area (Å²) >= 11 is 1.34. The van der Waals surface area contributed by atoms with Crippen molar-refractivity contribution in [3.63, 3.8) is 0 Å². The molecule has 0 nitrogen and oxygen atoms in total. The van der Waals surface area contributed by atoms with Gasteiger partial charge in [0.25, 0.3) is 0 Å². The van der Waals surface area contributed by atoms with E-state index in [1.165, 1.54) is 97.6 Å². The van der Waals surface area contributed by atoms with E-state index >= 15 is 0 Å². The Morgan fingerprint density at radius 1 is 0.822 bits per heavy atom. The molecule has 0 aromatic heterocycles. The number of fused-ring (bicyclic) bond motifs is 5. The van der Waals surface area contributed by atoms with Gasteiger partial charge in [-0.25, -0.2) is 16.3 Å². The molecule has 0 bridgehead atoms. The summed E-state index contributed by atoms with van der Waals surface area (Å²) in [6.07, 6.45) is 12.9. The molecule has 0 saturated heterocycles. The zero-order valence-electron chi connectivity index (χ0n) is 29.0. The van der Waals surface area contributed by atoms with Gasteiger partial charge >= 0.3 is 68.0 Å². The fourth-order valence-corrected chi connectivity index (χ4v) is 9.90. The quantitative estimate of drug-likeness (QED) is 0.145. The molecular weight excluding hydrogens is 643 g/mol. The Morgan fingerprint density at radius 2 is 1.40 bits per heavy atom. The maximum atomic E-state index is 12.2. The van der Waals surface area contributed by atoms with Gasteiger partial charge in [0.15, 0.2) is 0 Å². The summed E-state index contributed by atoms with van der Waals surface area (Å²) in [7, 11) is -1.07. The molecule has 45 heavy (non-hydrogen) atoms. The third-order valence-electron chi connectivity index (χ3n) is 9.54. The molecule has 3 aromatic carbocycles. The first-order valence-electron chi connectivity index (χ1n) is 16.2. The number of benzene rings is 3. The Balaban J connectivity index is 0.000000165. The Bertz CT molecular complexity index is 1720. The van der Waals surface area contributed by atoms with Crippen molar-refractivity contribution in [1.82, 2.24) is 0 Å². The average molecular weight is 690 g/mol. The van der Waals surface area contributed by atoms with Crippen molar-refractivity contribution in [2.45, 2.75) is 92.3 Å². The van der Waals surface area contributed by atoms with Crippen molar-refractivity contribution in [3.8, 4) is 11.1 Å². The molecule has 4 aliphatic rings. The standard InChI is InChI=1S/C25H25.C10H17Si.C7H5F.Zr/c1-14-12-24(3,4)22-8-16-7-17-9-23-19(15(2)13-25(23,5)6)11-21(17)20(16)10-18(14)22;1-8-6-9(2)10(7-8)11(3,4)5;1-6-2-4-7(8)5-3-6;/h8-12H,7H2,1-6H3;7-8H,1-5H3;1-5H;/q2*-1;;+2. The van der Waals surface area contributed by atoms with Crippen LogP contribution in [0.4, 0.5) is 4.39 Å². The third kappa shape index (κ3) is 6.82. The summed E-state index contributed by atoms with van der Waals surface area (Å²) in [6, 6.07) is 16.3. The molecular formula is C42H47FSiZr. The molecule has 0 amide bonds. The summed E-state index contributed by atoms with van der Waals surface area (Å²) in [5, 5.41) is 1.60. The molecule has 0 spiro atoms. The van der Waals surface area contributed by atoms with Crippen LogP contribution in [0.2, 0.25) is 19.6 Å². The Hall–Kier alpha value is -2.48. The molecule has 0 aliphatic heterocycles. The van der Waals surface area contributed by atoms with Crippen LogP contribution < -0.4 is 0 Å². The van der Waals surface area contributed by atoms with Gasteiger partial charge in [-0.05, 0) is 66.4 Å². The zero-order valence-corrected chi connectivity index (χ0v) is 32.5. The van der Waals surface area contributed by atoms with E-state index in [2.05, 4.69) is 124 Å². The van der Waals surface area contributed by atoms with Gasteiger partial charge in [-0.15, -0.1) is 11.6 Å². The van der Waals surface area contributed by atoms with Gasteiger partial charge in [0.05, 0.1) is 0 Å². The molecule has 1 unspecified atom stereocenters. The van der Waals surface area contributed by atoms with Crippen LogP contribution in [0, 0.1) is 23.9 Å². The van der Waals surface area contributed by atoms with Crippen molar-refractivity contribution in [1.29, 1.82) is 0 Å². The molecule has 4 aliphatic carbocycles. The first-order valence-corrected chi connectivity index (χ1v) is 21.1. The minimum absolute atomic E-state index is 0.0340. The summed E-state index contributed by atoms with van der Waals surface area (Å²) < 4.78 is 14.2. The number of halogens is 1. The van der Waals surface area contributed by atoms with E-state index < -0.39 is 8.07 Å². The van der Waals surface area contributed by atoms with Gasteiger partial charge in [-0.1, -0.05) is 97.6 Å². The van der Waals surface area contributed by atoms with Crippen LogP contribution in [0.3, 0.4) is 0 Å². The molecule has 0 fully saturated rings. The second-order valence-electron chi connectivity index (χ2n) is 15.3. The van der Waals surface area contributed by atoms with Gasteiger partial charge in [-0.2, -0.15) is 11.6 Å². The van der Waals surface area contributed by atoms with Crippen LogP contribution in [-0.2, 0) is 41.5 Å². The van der Waals surface area contributed by atoms with Crippen LogP contribution in [0.5, 0.6) is 0 Å². The minimum atomic E-state index is -1.07. The van der Waals surface area contributed by atoms with Crippen LogP contribution >= 0.6 is 0 Å². The summed E-state index contributed by atoms with van der Waals surface area (Å²) in [4.78, 5) is 0. The van der Waals surface area contributed by atoms with Gasteiger partial charge in [0.2, 0.25) is 0 Å². The zero-order chi connectivity index (χ0) is 33.1. The monoisotopic (exact) mass is 688 g/mol. The van der Waals surface area contributed by atoms with E-state index in [0.29, 0.717) is 5.92 Å². The van der Waals surface area contributed by atoms with Crippen molar-refractivity contribution >= 4 is 22.9 Å². The van der Waals surface area contributed by atoms with E-state index in [4.69, 9.17) is 0 Å².